The van der Waals surface area contributed by atoms with Crippen LogP contribution in [0.2, 0.25) is 5.02 Å². The van der Waals surface area contributed by atoms with Crippen LogP contribution in [-0.2, 0) is 6.42 Å². The highest BCUT2D eigenvalue weighted by Gasteiger charge is 2.34. The van der Waals surface area contributed by atoms with Crippen LogP contribution < -0.4 is 9.47 Å². The van der Waals surface area contributed by atoms with Gasteiger partial charge in [0.1, 0.15) is 0 Å². The van der Waals surface area contributed by atoms with Crippen LogP contribution in [0.25, 0.3) is 10.1 Å². The molecule has 31 heavy (non-hydrogen) atoms. The molecule has 0 amide bonds. The number of rotatable bonds is 2. The molecule has 0 saturated carbocycles. The second-order valence-electron chi connectivity index (χ2n) is 7.08. The van der Waals surface area contributed by atoms with Crippen molar-refractivity contribution in [2.45, 2.75) is 17.2 Å². The Kier molecular flexibility index (Phi) is 6.70. The molecule has 1 aromatic heterocycles. The zero-order valence-electron chi connectivity index (χ0n) is 16.4. The normalized spacial score (nSPS) is 14.5. The molecule has 0 aliphatic carbocycles. The summed E-state index contributed by atoms with van der Waals surface area (Å²) >= 11 is 12.1. The molecule has 1 aliphatic rings. The van der Waals surface area contributed by atoms with Crippen LogP contribution >= 0.6 is 35.6 Å². The number of alkyl halides is 2. The highest BCUT2D eigenvalue weighted by atomic mass is 35.5. The van der Waals surface area contributed by atoms with E-state index in [0.717, 1.165) is 11.4 Å². The first-order valence-corrected chi connectivity index (χ1v) is 11.2. The molecular formula is C24H19ClF2O2S2. The second-order valence-corrected chi connectivity index (χ2v) is 9.17. The number of halogens is 3. The standard InChI is InChI=1S/C15H11ClS.C9H8F2O2S/c16-14-7-3-1-5-11(14)9-13-10-12-6-2-4-8-15(12)17-13;10-9(11)4-12-7-2-1-6(14)3-8(7)13-5-9/h1-8,10H,9H2;1-3,14H,4-5H2. The zero-order valence-corrected chi connectivity index (χ0v) is 18.8. The van der Waals surface area contributed by atoms with Gasteiger partial charge >= 0.3 is 5.92 Å². The van der Waals surface area contributed by atoms with Gasteiger partial charge in [-0.25, -0.2) is 0 Å². The van der Waals surface area contributed by atoms with E-state index in [-0.39, 0.29) is 0 Å². The molecule has 2 heterocycles. The maximum absolute atomic E-state index is 12.9. The highest BCUT2D eigenvalue weighted by Crippen LogP contribution is 2.34. The van der Waals surface area contributed by atoms with E-state index in [4.69, 9.17) is 21.1 Å². The molecule has 0 fully saturated rings. The summed E-state index contributed by atoms with van der Waals surface area (Å²) in [6, 6.07) is 23.6. The summed E-state index contributed by atoms with van der Waals surface area (Å²) in [5.74, 6) is -2.29. The van der Waals surface area contributed by atoms with Gasteiger partial charge in [-0.05, 0) is 47.3 Å². The van der Waals surface area contributed by atoms with E-state index < -0.39 is 19.1 Å². The molecule has 7 heteroatoms. The van der Waals surface area contributed by atoms with Gasteiger partial charge in [0.2, 0.25) is 0 Å². The summed E-state index contributed by atoms with van der Waals surface area (Å²) in [6.07, 6.45) is 0.916. The average molecular weight is 477 g/mol. The number of fused-ring (bicyclic) bond motifs is 2. The fraction of sp³-hybridized carbons (Fsp3) is 0.167. The number of thiophene rings is 1. The summed E-state index contributed by atoms with van der Waals surface area (Å²) in [6.45, 7) is -1.30. The van der Waals surface area contributed by atoms with Gasteiger partial charge in [0.05, 0.1) is 0 Å². The Morgan fingerprint density at radius 2 is 1.61 bits per heavy atom. The minimum absolute atomic E-state index is 0.315. The predicted molar refractivity (Wildman–Crippen MR) is 126 cm³/mol. The lowest BCUT2D eigenvalue weighted by Gasteiger charge is -2.10. The molecule has 0 radical (unpaired) electrons. The van der Waals surface area contributed by atoms with E-state index in [2.05, 4.69) is 49.0 Å². The zero-order chi connectivity index (χ0) is 21.8. The Bertz CT molecular complexity index is 1160. The number of ether oxygens (including phenoxy) is 2. The molecule has 0 spiro atoms. The number of hydrogen-bond donors (Lipinski definition) is 1. The van der Waals surface area contributed by atoms with Crippen molar-refractivity contribution >= 4 is 45.7 Å². The third kappa shape index (κ3) is 5.70. The Balaban J connectivity index is 0.000000152. The van der Waals surface area contributed by atoms with Crippen molar-refractivity contribution in [3.8, 4) is 11.5 Å². The Labute approximate surface area is 193 Å². The molecule has 0 atom stereocenters. The van der Waals surface area contributed by atoms with Crippen LogP contribution in [-0.4, -0.2) is 19.1 Å². The van der Waals surface area contributed by atoms with Gasteiger partial charge in [-0.3, -0.25) is 0 Å². The van der Waals surface area contributed by atoms with Crippen molar-refractivity contribution < 1.29 is 18.3 Å². The Morgan fingerprint density at radius 1 is 0.903 bits per heavy atom. The third-order valence-electron chi connectivity index (χ3n) is 4.60. The lowest BCUT2D eigenvalue weighted by atomic mass is 10.1. The fourth-order valence-corrected chi connectivity index (χ4v) is 4.57. The molecule has 1 aliphatic heterocycles. The quantitative estimate of drug-likeness (QED) is 0.301. The third-order valence-corrected chi connectivity index (χ3v) is 6.37. The van der Waals surface area contributed by atoms with Gasteiger partial charge in [0, 0.05) is 25.9 Å². The van der Waals surface area contributed by atoms with Crippen molar-refractivity contribution in [1.82, 2.24) is 0 Å². The summed E-state index contributed by atoms with van der Waals surface area (Å²) < 4.78 is 36.9. The minimum Gasteiger partial charge on any atom is -0.483 e. The minimum atomic E-state index is -2.93. The summed E-state index contributed by atoms with van der Waals surface area (Å²) in [7, 11) is 0. The average Bonchev–Trinajstić information content (AvgIpc) is 3.09. The van der Waals surface area contributed by atoms with Gasteiger partial charge in [-0.1, -0.05) is 48.0 Å². The van der Waals surface area contributed by atoms with Crippen LogP contribution in [0.1, 0.15) is 10.4 Å². The molecule has 2 nitrogen and oxygen atoms in total. The molecule has 4 aromatic rings. The highest BCUT2D eigenvalue weighted by molar-refractivity contribution is 7.80. The van der Waals surface area contributed by atoms with Gasteiger partial charge in [0.15, 0.2) is 24.7 Å². The first kappa shape index (κ1) is 21.9. The molecule has 160 valence electrons. The van der Waals surface area contributed by atoms with Gasteiger partial charge in [0.25, 0.3) is 0 Å². The van der Waals surface area contributed by atoms with Crippen LogP contribution in [0.15, 0.2) is 77.7 Å². The number of benzene rings is 3. The van der Waals surface area contributed by atoms with Gasteiger partial charge < -0.3 is 9.47 Å². The van der Waals surface area contributed by atoms with E-state index in [1.54, 1.807) is 18.2 Å². The fourth-order valence-electron chi connectivity index (χ4n) is 3.09. The second kappa shape index (κ2) is 9.47. The van der Waals surface area contributed by atoms with Crippen LogP contribution in [0, 0.1) is 0 Å². The number of hydrogen-bond acceptors (Lipinski definition) is 4. The molecule has 5 rings (SSSR count). The van der Waals surface area contributed by atoms with Crippen LogP contribution in [0.3, 0.4) is 0 Å². The molecular weight excluding hydrogens is 458 g/mol. The van der Waals surface area contributed by atoms with Crippen molar-refractivity contribution in [3.05, 3.63) is 88.3 Å². The van der Waals surface area contributed by atoms with Crippen molar-refractivity contribution in [1.29, 1.82) is 0 Å². The van der Waals surface area contributed by atoms with E-state index in [1.807, 2.05) is 29.5 Å². The van der Waals surface area contributed by atoms with Crippen molar-refractivity contribution in [2.24, 2.45) is 0 Å². The summed E-state index contributed by atoms with van der Waals surface area (Å²) in [4.78, 5) is 2.01. The maximum atomic E-state index is 12.9. The maximum Gasteiger partial charge on any atom is 0.314 e. The molecule has 0 bridgehead atoms. The first-order chi connectivity index (χ1) is 14.9. The van der Waals surface area contributed by atoms with E-state index in [9.17, 15) is 8.78 Å². The lowest BCUT2D eigenvalue weighted by Crippen LogP contribution is -2.30. The number of thiol groups is 1. The van der Waals surface area contributed by atoms with Gasteiger partial charge in [-0.2, -0.15) is 8.78 Å². The Morgan fingerprint density at radius 3 is 2.39 bits per heavy atom. The van der Waals surface area contributed by atoms with E-state index in [1.165, 1.54) is 20.5 Å². The lowest BCUT2D eigenvalue weighted by molar-refractivity contribution is -0.0622. The van der Waals surface area contributed by atoms with Crippen molar-refractivity contribution in [2.75, 3.05) is 13.2 Å². The molecule has 3 aromatic carbocycles. The first-order valence-electron chi connectivity index (χ1n) is 9.57. The molecule has 0 unspecified atom stereocenters. The topological polar surface area (TPSA) is 18.5 Å². The molecule has 0 N–H and O–H groups in total. The smallest absolute Gasteiger partial charge is 0.314 e. The SMILES string of the molecule is Clc1ccccc1Cc1cc2ccccc2s1.FC1(F)COc2ccc(S)cc2OC1. The largest absolute Gasteiger partial charge is 0.483 e. The summed E-state index contributed by atoms with van der Waals surface area (Å²) in [5.41, 5.74) is 1.20. The Hall–Kier alpha value is -2.28. The predicted octanol–water partition coefficient (Wildman–Crippen LogP) is 7.53. The van der Waals surface area contributed by atoms with Crippen LogP contribution in [0.4, 0.5) is 8.78 Å². The van der Waals surface area contributed by atoms with E-state index >= 15 is 0 Å². The summed E-state index contributed by atoms with van der Waals surface area (Å²) in [5, 5.41) is 2.17. The van der Waals surface area contributed by atoms with Crippen LogP contribution in [0.5, 0.6) is 11.5 Å². The molecule has 0 saturated heterocycles. The van der Waals surface area contributed by atoms with Gasteiger partial charge in [-0.15, -0.1) is 24.0 Å². The van der Waals surface area contributed by atoms with E-state index in [0.29, 0.717) is 16.4 Å². The van der Waals surface area contributed by atoms with Crippen molar-refractivity contribution in [3.63, 3.8) is 0 Å². The monoisotopic (exact) mass is 476 g/mol.